The number of anilines is 4. The zero-order chi connectivity index (χ0) is 20.8. The summed E-state index contributed by atoms with van der Waals surface area (Å²) in [5.41, 5.74) is 2.06. The molecule has 0 aliphatic rings. The van der Waals surface area contributed by atoms with Crippen molar-refractivity contribution in [3.05, 3.63) is 59.9 Å². The smallest absolute Gasteiger partial charge is 0.337 e. The lowest BCUT2D eigenvalue weighted by atomic mass is 10.2. The van der Waals surface area contributed by atoms with Crippen LogP contribution in [0.5, 0.6) is 11.5 Å². The lowest BCUT2D eigenvalue weighted by Crippen LogP contribution is -2.03. The summed E-state index contributed by atoms with van der Waals surface area (Å²) in [7, 11) is 4.53. The molecule has 29 heavy (non-hydrogen) atoms. The Morgan fingerprint density at radius 1 is 0.793 bits per heavy atom. The number of nitrogens with one attached hydrogen (secondary N) is 2. The minimum absolute atomic E-state index is 0.379. The zero-order valence-electron chi connectivity index (χ0n) is 16.6. The Bertz CT molecular complexity index is 1010. The van der Waals surface area contributed by atoms with E-state index in [4.69, 9.17) is 14.2 Å². The van der Waals surface area contributed by atoms with Gasteiger partial charge in [0.05, 0.1) is 26.9 Å². The summed E-state index contributed by atoms with van der Waals surface area (Å²) in [6.07, 6.45) is 0. The Morgan fingerprint density at radius 3 is 1.97 bits per heavy atom. The summed E-state index contributed by atoms with van der Waals surface area (Å²) in [5.74, 6) is 2.73. The molecule has 0 saturated heterocycles. The van der Waals surface area contributed by atoms with Gasteiger partial charge in [0.2, 0.25) is 0 Å². The summed E-state index contributed by atoms with van der Waals surface area (Å²) in [4.78, 5) is 20.4. The van der Waals surface area contributed by atoms with E-state index in [0.29, 0.717) is 34.5 Å². The number of aryl methyl sites for hydroxylation is 1. The van der Waals surface area contributed by atoms with E-state index in [2.05, 4.69) is 20.6 Å². The van der Waals surface area contributed by atoms with Crippen molar-refractivity contribution < 1.29 is 19.0 Å². The topological polar surface area (TPSA) is 94.6 Å². The molecule has 0 bridgehead atoms. The van der Waals surface area contributed by atoms with Crippen LogP contribution in [0, 0.1) is 6.92 Å². The van der Waals surface area contributed by atoms with Gasteiger partial charge in [-0.3, -0.25) is 0 Å². The van der Waals surface area contributed by atoms with Crippen LogP contribution in [0.2, 0.25) is 0 Å². The van der Waals surface area contributed by atoms with Crippen LogP contribution in [0.15, 0.2) is 48.5 Å². The minimum Gasteiger partial charge on any atom is -0.493 e. The van der Waals surface area contributed by atoms with Crippen LogP contribution >= 0.6 is 0 Å². The highest BCUT2D eigenvalue weighted by molar-refractivity contribution is 5.89. The van der Waals surface area contributed by atoms with Crippen LogP contribution in [0.1, 0.15) is 16.2 Å². The van der Waals surface area contributed by atoms with E-state index in [1.165, 1.54) is 7.11 Å². The summed E-state index contributed by atoms with van der Waals surface area (Å²) < 4.78 is 15.3. The number of hydrogen-bond donors (Lipinski definition) is 2. The number of methoxy groups -OCH3 is 3. The number of rotatable bonds is 7. The van der Waals surface area contributed by atoms with Crippen LogP contribution in [0.4, 0.5) is 23.0 Å². The molecule has 0 radical (unpaired) electrons. The predicted octanol–water partition coefficient (Wildman–Crippen LogP) is 4.08. The quantitative estimate of drug-likeness (QED) is 0.579. The first-order valence-electron chi connectivity index (χ1n) is 8.82. The predicted molar refractivity (Wildman–Crippen MR) is 111 cm³/mol. The van der Waals surface area contributed by atoms with E-state index in [1.54, 1.807) is 44.6 Å². The van der Waals surface area contributed by atoms with Gasteiger partial charge in [0, 0.05) is 23.5 Å². The molecule has 3 aromatic rings. The van der Waals surface area contributed by atoms with Crippen LogP contribution < -0.4 is 20.1 Å². The Hall–Kier alpha value is -3.81. The van der Waals surface area contributed by atoms with Crippen molar-refractivity contribution in [3.63, 3.8) is 0 Å². The maximum Gasteiger partial charge on any atom is 0.337 e. The Kier molecular flexibility index (Phi) is 6.13. The Labute approximate surface area is 168 Å². The van der Waals surface area contributed by atoms with Gasteiger partial charge in [0.25, 0.3) is 0 Å². The Balaban J connectivity index is 1.78. The second kappa shape index (κ2) is 8.92. The number of ether oxygens (including phenoxy) is 3. The number of hydrogen-bond acceptors (Lipinski definition) is 8. The molecule has 0 amide bonds. The highest BCUT2D eigenvalue weighted by Gasteiger charge is 2.08. The van der Waals surface area contributed by atoms with Gasteiger partial charge in [-0.2, -0.15) is 0 Å². The van der Waals surface area contributed by atoms with E-state index >= 15 is 0 Å². The molecule has 8 heteroatoms. The van der Waals surface area contributed by atoms with Crippen LogP contribution in [0.25, 0.3) is 0 Å². The maximum absolute atomic E-state index is 11.5. The summed E-state index contributed by atoms with van der Waals surface area (Å²) >= 11 is 0. The molecule has 150 valence electrons. The molecule has 3 rings (SSSR count). The van der Waals surface area contributed by atoms with Crippen molar-refractivity contribution in [2.24, 2.45) is 0 Å². The van der Waals surface area contributed by atoms with Gasteiger partial charge in [-0.05, 0) is 43.3 Å². The highest BCUT2D eigenvalue weighted by atomic mass is 16.5. The fourth-order valence-corrected chi connectivity index (χ4v) is 2.71. The van der Waals surface area contributed by atoms with Gasteiger partial charge in [0.1, 0.15) is 17.5 Å². The van der Waals surface area contributed by atoms with E-state index in [1.807, 2.05) is 25.1 Å². The van der Waals surface area contributed by atoms with Gasteiger partial charge in [-0.25, -0.2) is 14.8 Å². The molecule has 0 atom stereocenters. The summed E-state index contributed by atoms with van der Waals surface area (Å²) in [6.45, 7) is 1.81. The van der Waals surface area contributed by atoms with Gasteiger partial charge in [-0.1, -0.05) is 0 Å². The number of carbonyl (C=O) groups is 1. The van der Waals surface area contributed by atoms with E-state index in [0.717, 1.165) is 11.4 Å². The molecule has 0 saturated carbocycles. The third-order valence-electron chi connectivity index (χ3n) is 4.07. The molecule has 1 aromatic heterocycles. The molecule has 2 aromatic carbocycles. The second-order valence-corrected chi connectivity index (χ2v) is 6.07. The zero-order valence-corrected chi connectivity index (χ0v) is 16.6. The van der Waals surface area contributed by atoms with Crippen molar-refractivity contribution in [3.8, 4) is 11.5 Å². The van der Waals surface area contributed by atoms with Crippen LogP contribution in [-0.2, 0) is 4.74 Å². The molecule has 0 fully saturated rings. The van der Waals surface area contributed by atoms with Crippen molar-refractivity contribution in [1.29, 1.82) is 0 Å². The van der Waals surface area contributed by atoms with Gasteiger partial charge in [0.15, 0.2) is 11.5 Å². The molecule has 0 aliphatic carbocycles. The molecular weight excluding hydrogens is 372 g/mol. The molecule has 8 nitrogen and oxygen atoms in total. The molecule has 0 spiro atoms. The lowest BCUT2D eigenvalue weighted by Gasteiger charge is -2.12. The Morgan fingerprint density at radius 2 is 1.38 bits per heavy atom. The SMILES string of the molecule is COC(=O)c1ccc(Nc2cc(Nc3ccc(OC)c(OC)c3)nc(C)n2)cc1. The van der Waals surface area contributed by atoms with Crippen molar-refractivity contribution in [1.82, 2.24) is 9.97 Å². The normalized spacial score (nSPS) is 10.2. The van der Waals surface area contributed by atoms with Gasteiger partial charge < -0.3 is 24.8 Å². The molecule has 0 aliphatic heterocycles. The fraction of sp³-hybridized carbons (Fsp3) is 0.190. The third-order valence-corrected chi connectivity index (χ3v) is 4.07. The lowest BCUT2D eigenvalue weighted by molar-refractivity contribution is 0.0601. The summed E-state index contributed by atoms with van der Waals surface area (Å²) in [5, 5.41) is 6.45. The third kappa shape index (κ3) is 4.92. The molecular formula is C21H22N4O4. The van der Waals surface area contributed by atoms with E-state index in [9.17, 15) is 4.79 Å². The summed E-state index contributed by atoms with van der Waals surface area (Å²) in [6, 6.07) is 14.2. The average Bonchev–Trinajstić information content (AvgIpc) is 2.73. The first kappa shape index (κ1) is 19.9. The highest BCUT2D eigenvalue weighted by Crippen LogP contribution is 2.31. The first-order chi connectivity index (χ1) is 14.0. The number of aromatic nitrogens is 2. The second-order valence-electron chi connectivity index (χ2n) is 6.07. The standard InChI is InChI=1S/C21H22N4O4/c1-13-22-19(24-15-7-5-14(6-8-15)21(26)29-4)12-20(23-13)25-16-9-10-17(27-2)18(11-16)28-3/h5-12H,1-4H3,(H2,22,23,24,25). The van der Waals surface area contributed by atoms with E-state index in [-0.39, 0.29) is 5.97 Å². The first-order valence-corrected chi connectivity index (χ1v) is 8.82. The van der Waals surface area contributed by atoms with Gasteiger partial charge in [-0.15, -0.1) is 0 Å². The number of benzene rings is 2. The number of nitrogens with zero attached hydrogens (tertiary/aromatic N) is 2. The van der Waals surface area contributed by atoms with Crippen LogP contribution in [-0.4, -0.2) is 37.3 Å². The average molecular weight is 394 g/mol. The minimum atomic E-state index is -0.379. The van der Waals surface area contributed by atoms with Crippen molar-refractivity contribution in [2.45, 2.75) is 6.92 Å². The van der Waals surface area contributed by atoms with Crippen LogP contribution in [0.3, 0.4) is 0 Å². The number of carbonyl (C=O) groups excluding carboxylic acids is 1. The fourth-order valence-electron chi connectivity index (χ4n) is 2.71. The van der Waals surface area contributed by atoms with Crippen molar-refractivity contribution in [2.75, 3.05) is 32.0 Å². The molecule has 0 unspecified atom stereocenters. The monoisotopic (exact) mass is 394 g/mol. The molecule has 2 N–H and O–H groups in total. The van der Waals surface area contributed by atoms with Gasteiger partial charge >= 0.3 is 5.97 Å². The van der Waals surface area contributed by atoms with Crippen molar-refractivity contribution >= 4 is 29.0 Å². The number of esters is 1. The van der Waals surface area contributed by atoms with E-state index < -0.39 is 0 Å². The largest absolute Gasteiger partial charge is 0.493 e. The maximum atomic E-state index is 11.5. The molecule has 1 heterocycles.